The smallest absolute Gasteiger partial charge is 0.281 e. The van der Waals surface area contributed by atoms with Crippen LogP contribution in [-0.4, -0.2) is 26.7 Å². The molecule has 2 aromatic carbocycles. The first-order valence-electron chi connectivity index (χ1n) is 13.6. The normalized spacial score (nSPS) is 20.1. The summed E-state index contributed by atoms with van der Waals surface area (Å²) < 4.78 is 27.1. The molecule has 0 spiro atoms. The molecule has 0 saturated heterocycles. The number of benzene rings is 2. The van der Waals surface area contributed by atoms with Gasteiger partial charge in [-0.05, 0) is 36.0 Å². The number of hydrogen-bond acceptors (Lipinski definition) is 7. The van der Waals surface area contributed by atoms with Crippen molar-refractivity contribution >= 4 is 11.7 Å². The van der Waals surface area contributed by atoms with Gasteiger partial charge in [-0.15, -0.1) is 0 Å². The molecule has 2 heterocycles. The van der Waals surface area contributed by atoms with Crippen LogP contribution in [0.15, 0.2) is 100 Å². The summed E-state index contributed by atoms with van der Waals surface area (Å²) >= 11 is 0. The first-order chi connectivity index (χ1) is 19.7. The Morgan fingerprint density at radius 3 is 2.76 bits per heavy atom. The summed E-state index contributed by atoms with van der Waals surface area (Å²) in [5.74, 6) is -1.03. The van der Waals surface area contributed by atoms with Gasteiger partial charge in [-0.25, -0.2) is 9.37 Å². The van der Waals surface area contributed by atoms with Crippen molar-refractivity contribution in [3.05, 3.63) is 118 Å². The number of hydrogen-bond donors (Lipinski definition) is 2. The number of Topliss-reactive ketones (excluding diaryl/α,β-unsaturated/α-hetero) is 1. The number of rotatable bonds is 5. The van der Waals surface area contributed by atoms with E-state index in [1.54, 1.807) is 12.1 Å². The molecule has 2 aliphatic carbocycles. The molecular formula is C32H30FN3O5. The van der Waals surface area contributed by atoms with Crippen molar-refractivity contribution < 1.29 is 28.2 Å². The average Bonchev–Trinajstić information content (AvgIpc) is 3.43. The van der Waals surface area contributed by atoms with Gasteiger partial charge in [-0.1, -0.05) is 50.3 Å². The lowest BCUT2D eigenvalue weighted by Crippen LogP contribution is -2.39. The van der Waals surface area contributed by atoms with Crippen molar-refractivity contribution in [2.45, 2.75) is 52.2 Å². The van der Waals surface area contributed by atoms with Gasteiger partial charge in [0, 0.05) is 35.7 Å². The highest BCUT2D eigenvalue weighted by atomic mass is 19.1. The third kappa shape index (κ3) is 5.03. The quantitative estimate of drug-likeness (QED) is 0.382. The number of aliphatic hydroxyl groups excluding tert-OH is 1. The Labute approximate surface area is 236 Å². The topological polar surface area (TPSA) is 105 Å². The highest BCUT2D eigenvalue weighted by Crippen LogP contribution is 2.48. The Balaban J connectivity index is 1.50. The molecule has 3 aliphatic rings. The van der Waals surface area contributed by atoms with E-state index >= 15 is 4.39 Å². The Bertz CT molecular complexity index is 1610. The number of allylic oxidation sites excluding steroid dienone is 3. The average molecular weight is 556 g/mol. The molecule has 0 fully saturated rings. The lowest BCUT2D eigenvalue weighted by Gasteiger charge is -2.37. The SMILES string of the molecule is CC1(C)CC(=O)C2=C(C1)NC1=C(O)CCC=C1N(C(=O)c1cocn1)C2c1ccc(OCc2ccccc2)cc1F. The number of carbonyl (C=O) groups is 2. The van der Waals surface area contributed by atoms with Crippen LogP contribution in [0.5, 0.6) is 5.75 Å². The molecule has 1 unspecified atom stereocenters. The molecule has 0 saturated carbocycles. The van der Waals surface area contributed by atoms with Crippen LogP contribution >= 0.6 is 0 Å². The molecule has 6 rings (SSSR count). The molecule has 3 aromatic rings. The molecule has 9 heteroatoms. The maximum absolute atomic E-state index is 16.1. The maximum Gasteiger partial charge on any atom is 0.281 e. The molecule has 41 heavy (non-hydrogen) atoms. The van der Waals surface area contributed by atoms with E-state index in [1.165, 1.54) is 17.2 Å². The minimum absolute atomic E-state index is 0.00354. The number of ketones is 1. The van der Waals surface area contributed by atoms with Crippen LogP contribution in [0.2, 0.25) is 0 Å². The van der Waals surface area contributed by atoms with Crippen molar-refractivity contribution in [2.24, 2.45) is 5.41 Å². The van der Waals surface area contributed by atoms with Crippen LogP contribution < -0.4 is 10.1 Å². The van der Waals surface area contributed by atoms with Gasteiger partial charge >= 0.3 is 0 Å². The number of ether oxygens (including phenoxy) is 1. The van der Waals surface area contributed by atoms with E-state index in [0.717, 1.165) is 12.0 Å². The molecule has 0 radical (unpaired) electrons. The zero-order valence-electron chi connectivity index (χ0n) is 22.8. The second kappa shape index (κ2) is 10.4. The van der Waals surface area contributed by atoms with Crippen molar-refractivity contribution in [3.63, 3.8) is 0 Å². The van der Waals surface area contributed by atoms with Gasteiger partial charge in [0.15, 0.2) is 17.9 Å². The standard InChI is InChI=1S/C32H30FN3O5/c1-32(2)14-23-28(27(38)15-32)30(21-12-11-20(13-22(21)33)41-16-19-7-4-3-5-8-19)36(31(39)24-17-40-18-34-24)25-9-6-10-26(37)29(25)35-23/h3-5,7-9,11-13,17-18,30,35,37H,6,10,14-16H2,1-2H3. The van der Waals surface area contributed by atoms with E-state index in [2.05, 4.69) is 10.3 Å². The van der Waals surface area contributed by atoms with E-state index in [4.69, 9.17) is 9.15 Å². The van der Waals surface area contributed by atoms with Crippen LogP contribution in [0.4, 0.5) is 4.39 Å². The van der Waals surface area contributed by atoms with Gasteiger partial charge in [-0.3, -0.25) is 14.5 Å². The lowest BCUT2D eigenvalue weighted by atomic mass is 9.73. The van der Waals surface area contributed by atoms with E-state index in [9.17, 15) is 14.7 Å². The third-order valence-corrected chi connectivity index (χ3v) is 7.64. The maximum atomic E-state index is 16.1. The third-order valence-electron chi connectivity index (χ3n) is 7.64. The fourth-order valence-electron chi connectivity index (χ4n) is 5.78. The summed E-state index contributed by atoms with van der Waals surface area (Å²) in [5, 5.41) is 14.2. The van der Waals surface area contributed by atoms with Crippen LogP contribution in [0.25, 0.3) is 0 Å². The number of oxazole rings is 1. The minimum atomic E-state index is -1.12. The monoisotopic (exact) mass is 555 g/mol. The van der Waals surface area contributed by atoms with Crippen LogP contribution in [0, 0.1) is 11.2 Å². The van der Waals surface area contributed by atoms with E-state index in [0.29, 0.717) is 42.1 Å². The number of nitrogens with zero attached hydrogens (tertiary/aromatic N) is 2. The first kappa shape index (κ1) is 26.6. The number of aliphatic hydroxyl groups is 1. The lowest BCUT2D eigenvalue weighted by molar-refractivity contribution is -0.118. The van der Waals surface area contributed by atoms with Crippen molar-refractivity contribution in [2.75, 3.05) is 0 Å². The van der Waals surface area contributed by atoms with Gasteiger partial charge in [0.05, 0.1) is 11.7 Å². The summed E-state index contributed by atoms with van der Waals surface area (Å²) in [5.41, 5.74) is 2.22. The van der Waals surface area contributed by atoms with Crippen molar-refractivity contribution in [3.8, 4) is 5.75 Å². The second-order valence-corrected chi connectivity index (χ2v) is 11.3. The van der Waals surface area contributed by atoms with Crippen molar-refractivity contribution in [1.29, 1.82) is 0 Å². The Hall–Kier alpha value is -4.66. The van der Waals surface area contributed by atoms with Crippen LogP contribution in [0.1, 0.15) is 67.2 Å². The number of fused-ring (bicyclic) bond motifs is 1. The fourth-order valence-corrected chi connectivity index (χ4v) is 5.78. The summed E-state index contributed by atoms with van der Waals surface area (Å²) in [4.78, 5) is 33.3. The Kier molecular flexibility index (Phi) is 6.73. The highest BCUT2D eigenvalue weighted by molar-refractivity contribution is 6.02. The molecule has 1 aromatic heterocycles. The number of nitrogens with one attached hydrogen (secondary N) is 1. The Morgan fingerprint density at radius 1 is 1.22 bits per heavy atom. The molecule has 0 bridgehead atoms. The largest absolute Gasteiger partial charge is 0.510 e. The molecule has 2 N–H and O–H groups in total. The zero-order valence-corrected chi connectivity index (χ0v) is 22.8. The van der Waals surface area contributed by atoms with Gasteiger partial charge in [0.25, 0.3) is 5.91 Å². The fraction of sp³-hybridized carbons (Fsp3) is 0.281. The molecule has 8 nitrogen and oxygen atoms in total. The number of carbonyl (C=O) groups excluding carboxylic acids is 2. The second-order valence-electron chi connectivity index (χ2n) is 11.3. The van der Waals surface area contributed by atoms with Crippen LogP contribution in [0.3, 0.4) is 0 Å². The van der Waals surface area contributed by atoms with Gasteiger partial charge in [0.1, 0.15) is 35.9 Å². The number of halogens is 1. The van der Waals surface area contributed by atoms with Crippen molar-refractivity contribution in [1.82, 2.24) is 15.2 Å². The summed E-state index contributed by atoms with van der Waals surface area (Å²) in [6.45, 7) is 4.23. The van der Waals surface area contributed by atoms with Gasteiger partial charge < -0.3 is 19.6 Å². The zero-order chi connectivity index (χ0) is 28.7. The summed E-state index contributed by atoms with van der Waals surface area (Å²) in [7, 11) is 0. The van der Waals surface area contributed by atoms with Crippen LogP contribution in [-0.2, 0) is 11.4 Å². The molecular weight excluding hydrogens is 525 g/mol. The molecule has 1 aliphatic heterocycles. The van der Waals surface area contributed by atoms with E-state index < -0.39 is 17.8 Å². The van der Waals surface area contributed by atoms with E-state index in [1.807, 2.05) is 50.3 Å². The predicted octanol–water partition coefficient (Wildman–Crippen LogP) is 6.27. The summed E-state index contributed by atoms with van der Waals surface area (Å²) in [6, 6.07) is 12.9. The Morgan fingerprint density at radius 2 is 2.02 bits per heavy atom. The van der Waals surface area contributed by atoms with E-state index in [-0.39, 0.29) is 46.8 Å². The minimum Gasteiger partial charge on any atom is -0.510 e. The molecule has 1 amide bonds. The van der Waals surface area contributed by atoms with Gasteiger partial charge in [-0.2, -0.15) is 0 Å². The molecule has 1 atom stereocenters. The first-order valence-corrected chi connectivity index (χ1v) is 13.6. The van der Waals surface area contributed by atoms with Gasteiger partial charge in [0.2, 0.25) is 0 Å². The number of amides is 1. The number of aromatic nitrogens is 1. The molecule has 210 valence electrons. The highest BCUT2D eigenvalue weighted by Gasteiger charge is 2.46. The predicted molar refractivity (Wildman–Crippen MR) is 148 cm³/mol. The summed E-state index contributed by atoms with van der Waals surface area (Å²) in [6.07, 6.45) is 5.68.